The summed E-state index contributed by atoms with van der Waals surface area (Å²) in [5, 5.41) is 3.84. The van der Waals surface area contributed by atoms with E-state index >= 15 is 0 Å². The number of methoxy groups -OCH3 is 2. The fraction of sp³-hybridized carbons (Fsp3) is 0.409. The molecule has 0 atom stereocenters. The van der Waals surface area contributed by atoms with Crippen molar-refractivity contribution in [2.75, 3.05) is 19.5 Å². The number of thiazole rings is 1. The lowest BCUT2D eigenvalue weighted by atomic mass is 9.89. The summed E-state index contributed by atoms with van der Waals surface area (Å²) in [6, 6.07) is 3.54. The highest BCUT2D eigenvalue weighted by Crippen LogP contribution is 2.52. The molecule has 4 rings (SSSR count). The molecule has 7 nitrogen and oxygen atoms in total. The van der Waals surface area contributed by atoms with E-state index in [0.717, 1.165) is 17.0 Å². The number of alkyl halides is 3. The molecule has 0 spiro atoms. The molecule has 0 saturated heterocycles. The number of nitrogens with zero attached hydrogens (tertiary/aromatic N) is 3. The van der Waals surface area contributed by atoms with E-state index in [1.807, 2.05) is 13.8 Å². The summed E-state index contributed by atoms with van der Waals surface area (Å²) in [6.07, 6.45) is -1.93. The topological polar surface area (TPSA) is 78.4 Å². The molecule has 0 fully saturated rings. The Morgan fingerprint density at radius 1 is 1.09 bits per heavy atom. The summed E-state index contributed by atoms with van der Waals surface area (Å²) in [6.45, 7) is 4.19. The largest absolute Gasteiger partial charge is 0.481 e. The van der Waals surface area contributed by atoms with Crippen molar-refractivity contribution in [3.8, 4) is 28.8 Å². The van der Waals surface area contributed by atoms with Crippen molar-refractivity contribution in [1.29, 1.82) is 0 Å². The maximum absolute atomic E-state index is 13.3. The lowest BCUT2D eigenvalue weighted by Crippen LogP contribution is -2.34. The molecule has 1 aliphatic heterocycles. The second-order valence-electron chi connectivity index (χ2n) is 7.43. The number of halogens is 3. The number of benzene rings is 1. The van der Waals surface area contributed by atoms with Crippen molar-refractivity contribution in [1.82, 2.24) is 15.0 Å². The van der Waals surface area contributed by atoms with Crippen LogP contribution in [0.25, 0.3) is 11.3 Å². The zero-order valence-corrected chi connectivity index (χ0v) is 19.4. The Balaban J connectivity index is 1.73. The Morgan fingerprint density at radius 2 is 1.76 bits per heavy atom. The van der Waals surface area contributed by atoms with Crippen molar-refractivity contribution in [2.45, 2.75) is 45.0 Å². The molecule has 0 saturated carbocycles. The molecule has 1 aromatic carbocycles. The summed E-state index contributed by atoms with van der Waals surface area (Å²) in [7, 11) is 3.02. The monoisotopic (exact) mass is 480 g/mol. The molecule has 3 aromatic rings. The van der Waals surface area contributed by atoms with E-state index in [1.54, 1.807) is 0 Å². The SMILES string of the molecule is CCC1(CC)Oc2cc(C(F)(F)F)ccc2-c2nc(NCc3c(OC)ncnc3OC)sc21. The van der Waals surface area contributed by atoms with Crippen LogP contribution in [0.5, 0.6) is 17.5 Å². The van der Waals surface area contributed by atoms with Gasteiger partial charge in [0.2, 0.25) is 11.8 Å². The molecule has 33 heavy (non-hydrogen) atoms. The minimum Gasteiger partial charge on any atom is -0.481 e. The number of aromatic nitrogens is 3. The highest BCUT2D eigenvalue weighted by atomic mass is 32.1. The molecule has 0 radical (unpaired) electrons. The second-order valence-corrected chi connectivity index (χ2v) is 8.43. The van der Waals surface area contributed by atoms with Crippen molar-refractivity contribution in [3.05, 3.63) is 40.5 Å². The minimum absolute atomic E-state index is 0.192. The molecule has 0 bridgehead atoms. The van der Waals surface area contributed by atoms with Crippen molar-refractivity contribution < 1.29 is 27.4 Å². The summed E-state index contributed by atoms with van der Waals surface area (Å²) < 4.78 is 56.7. The Kier molecular flexibility index (Phi) is 6.08. The van der Waals surface area contributed by atoms with Gasteiger partial charge in [0.05, 0.1) is 42.5 Å². The number of fused-ring (bicyclic) bond motifs is 3. The lowest BCUT2D eigenvalue weighted by molar-refractivity contribution is -0.137. The first-order chi connectivity index (χ1) is 15.8. The molecule has 2 aromatic heterocycles. The van der Waals surface area contributed by atoms with Gasteiger partial charge in [-0.1, -0.05) is 25.2 Å². The van der Waals surface area contributed by atoms with Crippen LogP contribution in [0.2, 0.25) is 0 Å². The van der Waals surface area contributed by atoms with Gasteiger partial charge in [0.25, 0.3) is 0 Å². The third-order valence-electron chi connectivity index (χ3n) is 5.72. The van der Waals surface area contributed by atoms with Crippen molar-refractivity contribution in [3.63, 3.8) is 0 Å². The molecule has 0 aliphatic carbocycles. The van der Waals surface area contributed by atoms with Gasteiger partial charge < -0.3 is 19.5 Å². The van der Waals surface area contributed by atoms with Gasteiger partial charge >= 0.3 is 6.18 Å². The van der Waals surface area contributed by atoms with Gasteiger partial charge in [0.15, 0.2) is 5.13 Å². The van der Waals surface area contributed by atoms with E-state index in [1.165, 1.54) is 38.0 Å². The van der Waals surface area contributed by atoms with Gasteiger partial charge in [-0.15, -0.1) is 0 Å². The highest BCUT2D eigenvalue weighted by Gasteiger charge is 2.42. The van der Waals surface area contributed by atoms with E-state index in [2.05, 4.69) is 15.3 Å². The second kappa shape index (κ2) is 8.69. The molecular formula is C22H23F3N4O3S. The zero-order valence-electron chi connectivity index (χ0n) is 18.5. The van der Waals surface area contributed by atoms with Gasteiger partial charge in [-0.2, -0.15) is 13.2 Å². The van der Waals surface area contributed by atoms with Crippen molar-refractivity contribution in [2.24, 2.45) is 0 Å². The molecule has 0 amide bonds. The quantitative estimate of drug-likeness (QED) is 0.468. The Labute approximate surface area is 193 Å². The first kappa shape index (κ1) is 23.1. The summed E-state index contributed by atoms with van der Waals surface area (Å²) >= 11 is 1.42. The number of anilines is 1. The number of hydrogen-bond donors (Lipinski definition) is 1. The highest BCUT2D eigenvalue weighted by molar-refractivity contribution is 7.16. The van der Waals surface area contributed by atoms with Crippen LogP contribution in [0, 0.1) is 0 Å². The van der Waals surface area contributed by atoms with Crippen LogP contribution < -0.4 is 19.5 Å². The minimum atomic E-state index is -4.45. The summed E-state index contributed by atoms with van der Waals surface area (Å²) in [5.74, 6) is 0.943. The third kappa shape index (κ3) is 4.05. The molecule has 0 unspecified atom stereocenters. The van der Waals surface area contributed by atoms with Crippen LogP contribution in [0.1, 0.15) is 42.7 Å². The molecule has 3 heterocycles. The molecule has 11 heteroatoms. The van der Waals surface area contributed by atoms with E-state index < -0.39 is 17.3 Å². The summed E-state index contributed by atoms with van der Waals surface area (Å²) in [5.41, 5.74) is 0.291. The number of nitrogens with one attached hydrogen (secondary N) is 1. The lowest BCUT2D eigenvalue weighted by Gasteiger charge is -2.36. The Morgan fingerprint density at radius 3 is 2.33 bits per heavy atom. The number of ether oxygens (including phenoxy) is 3. The zero-order chi connectivity index (χ0) is 23.8. The van der Waals surface area contributed by atoms with Gasteiger partial charge in [-0.25, -0.2) is 15.0 Å². The molecule has 1 N–H and O–H groups in total. The first-order valence-corrected chi connectivity index (χ1v) is 11.2. The van der Waals surface area contributed by atoms with E-state index in [0.29, 0.717) is 46.6 Å². The fourth-order valence-corrected chi connectivity index (χ4v) is 5.13. The van der Waals surface area contributed by atoms with Crippen LogP contribution in [-0.2, 0) is 18.3 Å². The van der Waals surface area contributed by atoms with Crippen LogP contribution in [-0.4, -0.2) is 29.2 Å². The van der Waals surface area contributed by atoms with Crippen LogP contribution in [0.15, 0.2) is 24.5 Å². The maximum atomic E-state index is 13.3. The molecule has 1 aliphatic rings. The predicted octanol–water partition coefficient (Wildman–Crippen LogP) is 5.66. The smallest absolute Gasteiger partial charge is 0.416 e. The van der Waals surface area contributed by atoms with Crippen molar-refractivity contribution >= 4 is 16.5 Å². The Bertz CT molecular complexity index is 1140. The average molecular weight is 481 g/mol. The normalized spacial score (nSPS) is 14.2. The molecule has 176 valence electrons. The average Bonchev–Trinajstić information content (AvgIpc) is 3.26. The number of rotatable bonds is 7. The van der Waals surface area contributed by atoms with Gasteiger partial charge in [-0.05, 0) is 31.0 Å². The van der Waals surface area contributed by atoms with Crippen LogP contribution >= 0.6 is 11.3 Å². The standard InChI is InChI=1S/C22H23F3N4O3S/c1-5-21(6-2)17-16(13-8-7-12(22(23,24)25)9-15(13)32-21)29-20(33-17)26-10-14-18(30-3)27-11-28-19(14)31-4/h7-9,11H,5-6,10H2,1-4H3,(H,26,29). The molecular weight excluding hydrogens is 457 g/mol. The maximum Gasteiger partial charge on any atom is 0.416 e. The van der Waals surface area contributed by atoms with E-state index in [9.17, 15) is 13.2 Å². The number of hydrogen-bond acceptors (Lipinski definition) is 8. The predicted molar refractivity (Wildman–Crippen MR) is 118 cm³/mol. The van der Waals surface area contributed by atoms with E-state index in [-0.39, 0.29) is 12.3 Å². The van der Waals surface area contributed by atoms with Gasteiger partial charge in [0.1, 0.15) is 17.7 Å². The first-order valence-electron chi connectivity index (χ1n) is 10.3. The van der Waals surface area contributed by atoms with Gasteiger partial charge in [-0.3, -0.25) is 0 Å². The van der Waals surface area contributed by atoms with Crippen LogP contribution in [0.3, 0.4) is 0 Å². The Hall–Kier alpha value is -3.08. The van der Waals surface area contributed by atoms with E-state index in [4.69, 9.17) is 19.2 Å². The fourth-order valence-electron chi connectivity index (χ4n) is 3.89. The third-order valence-corrected chi connectivity index (χ3v) is 6.92. The summed E-state index contributed by atoms with van der Waals surface area (Å²) in [4.78, 5) is 13.8. The van der Waals surface area contributed by atoms with Crippen LogP contribution in [0.4, 0.5) is 18.3 Å². The van der Waals surface area contributed by atoms with Gasteiger partial charge in [0, 0.05) is 5.56 Å².